The molecule has 4 nitrogen and oxygen atoms in total. The number of hydrogen-bond acceptors (Lipinski definition) is 2. The van der Waals surface area contributed by atoms with E-state index in [0.29, 0.717) is 29.8 Å². The van der Waals surface area contributed by atoms with Crippen molar-refractivity contribution in [1.29, 1.82) is 0 Å². The Morgan fingerprint density at radius 3 is 2.50 bits per heavy atom. The smallest absolute Gasteiger partial charge is 0.243 e. The fourth-order valence-electron chi connectivity index (χ4n) is 5.36. The molecule has 2 aromatic rings. The molecule has 1 saturated heterocycles. The molecule has 0 atom stereocenters. The highest BCUT2D eigenvalue weighted by molar-refractivity contribution is 7.89. The van der Waals surface area contributed by atoms with Gasteiger partial charge in [0.25, 0.3) is 0 Å². The number of hydrogen-bond donors (Lipinski definition) is 0. The molecule has 1 aromatic carbocycles. The third-order valence-corrected chi connectivity index (χ3v) is 9.04. The van der Waals surface area contributed by atoms with E-state index in [0.717, 1.165) is 44.2 Å². The van der Waals surface area contributed by atoms with Crippen LogP contribution in [0.1, 0.15) is 74.5 Å². The predicted molar refractivity (Wildman–Crippen MR) is 123 cm³/mol. The van der Waals surface area contributed by atoms with Crippen LogP contribution in [-0.2, 0) is 35.8 Å². The van der Waals surface area contributed by atoms with E-state index in [1.165, 1.54) is 28.9 Å². The Hall–Kier alpha value is -1.59. The summed E-state index contributed by atoms with van der Waals surface area (Å²) in [5.74, 6) is 0. The molecule has 1 aliphatic heterocycles. The van der Waals surface area contributed by atoms with Crippen LogP contribution in [0.15, 0.2) is 29.2 Å². The Morgan fingerprint density at radius 2 is 1.80 bits per heavy atom. The maximum absolute atomic E-state index is 13.4. The van der Waals surface area contributed by atoms with Crippen LogP contribution in [0, 0.1) is 12.3 Å². The van der Waals surface area contributed by atoms with E-state index in [-0.39, 0.29) is 0 Å². The van der Waals surface area contributed by atoms with Gasteiger partial charge in [0.15, 0.2) is 0 Å². The van der Waals surface area contributed by atoms with Gasteiger partial charge in [0, 0.05) is 37.4 Å². The maximum atomic E-state index is 13.4. The number of rotatable bonds is 6. The molecule has 0 amide bonds. The topological polar surface area (TPSA) is 42.3 Å². The van der Waals surface area contributed by atoms with Crippen molar-refractivity contribution >= 4 is 10.0 Å². The standard InChI is InChI=1S/C25H36N2O2S/c1-5-14-27-19(2)21(22-18-25(3,4)13-12-23(22)27)17-20-10-6-7-11-24(20)30(28,29)26-15-8-9-16-26/h6-7,10-11H,5,8-9,12-18H2,1-4H3. The Kier molecular flexibility index (Phi) is 5.88. The minimum Gasteiger partial charge on any atom is -0.348 e. The van der Waals surface area contributed by atoms with Crippen molar-refractivity contribution in [3.8, 4) is 0 Å². The molecule has 4 rings (SSSR count). The first-order valence-electron chi connectivity index (χ1n) is 11.5. The first kappa shape index (κ1) is 21.6. The summed E-state index contributed by atoms with van der Waals surface area (Å²) in [7, 11) is -3.42. The fraction of sp³-hybridized carbons (Fsp3) is 0.600. The lowest BCUT2D eigenvalue weighted by Crippen LogP contribution is -2.28. The highest BCUT2D eigenvalue weighted by Gasteiger charge is 2.33. The van der Waals surface area contributed by atoms with Crippen molar-refractivity contribution in [2.45, 2.75) is 84.1 Å². The van der Waals surface area contributed by atoms with Crippen molar-refractivity contribution in [2.75, 3.05) is 13.1 Å². The first-order chi connectivity index (χ1) is 14.2. The van der Waals surface area contributed by atoms with Crippen LogP contribution in [0.25, 0.3) is 0 Å². The zero-order chi connectivity index (χ0) is 21.5. The van der Waals surface area contributed by atoms with Crippen LogP contribution < -0.4 is 0 Å². The third kappa shape index (κ3) is 3.87. The van der Waals surface area contributed by atoms with Gasteiger partial charge in [-0.2, -0.15) is 4.31 Å². The van der Waals surface area contributed by atoms with E-state index in [1.54, 1.807) is 10.4 Å². The second kappa shape index (κ2) is 8.16. The van der Waals surface area contributed by atoms with Crippen LogP contribution >= 0.6 is 0 Å². The molecule has 1 aliphatic carbocycles. The van der Waals surface area contributed by atoms with Gasteiger partial charge in [0.2, 0.25) is 10.0 Å². The molecule has 0 N–H and O–H groups in total. The molecule has 30 heavy (non-hydrogen) atoms. The molecule has 0 bridgehead atoms. The molecule has 0 saturated carbocycles. The summed E-state index contributed by atoms with van der Waals surface area (Å²) < 4.78 is 30.9. The zero-order valence-electron chi connectivity index (χ0n) is 19.0. The van der Waals surface area contributed by atoms with Gasteiger partial charge in [-0.3, -0.25) is 0 Å². The largest absolute Gasteiger partial charge is 0.348 e. The van der Waals surface area contributed by atoms with E-state index < -0.39 is 10.0 Å². The molecule has 0 radical (unpaired) electrons. The van der Waals surface area contributed by atoms with Crippen molar-refractivity contribution in [2.24, 2.45) is 5.41 Å². The summed E-state index contributed by atoms with van der Waals surface area (Å²) in [4.78, 5) is 0.498. The van der Waals surface area contributed by atoms with Gasteiger partial charge in [-0.1, -0.05) is 39.0 Å². The van der Waals surface area contributed by atoms with E-state index >= 15 is 0 Å². The summed E-state index contributed by atoms with van der Waals surface area (Å²) in [6, 6.07) is 7.66. The van der Waals surface area contributed by atoms with E-state index in [9.17, 15) is 8.42 Å². The van der Waals surface area contributed by atoms with Crippen LogP contribution in [0.4, 0.5) is 0 Å². The SMILES string of the molecule is CCCn1c(C)c(Cc2ccccc2S(=O)(=O)N2CCCC2)c2c1CCC(C)(C)C2. The predicted octanol–water partition coefficient (Wildman–Crippen LogP) is 5.10. The molecule has 2 aliphatic rings. The summed E-state index contributed by atoms with van der Waals surface area (Å²) in [5, 5.41) is 0. The summed E-state index contributed by atoms with van der Waals surface area (Å²) in [6.07, 6.45) is 7.15. The summed E-state index contributed by atoms with van der Waals surface area (Å²) in [6.45, 7) is 11.5. The Bertz CT molecular complexity index is 1030. The molecule has 1 aromatic heterocycles. The van der Waals surface area contributed by atoms with Crippen molar-refractivity contribution < 1.29 is 8.42 Å². The van der Waals surface area contributed by atoms with Gasteiger partial charge in [0.05, 0.1) is 4.90 Å². The average Bonchev–Trinajstić information content (AvgIpc) is 3.32. The van der Waals surface area contributed by atoms with E-state index in [4.69, 9.17) is 0 Å². The molecule has 5 heteroatoms. The molecular weight excluding hydrogens is 392 g/mol. The summed E-state index contributed by atoms with van der Waals surface area (Å²) >= 11 is 0. The Morgan fingerprint density at radius 1 is 1.10 bits per heavy atom. The van der Waals surface area contributed by atoms with Gasteiger partial charge in [0.1, 0.15) is 0 Å². The third-order valence-electron chi connectivity index (χ3n) is 7.04. The minimum absolute atomic E-state index is 0.299. The zero-order valence-corrected chi connectivity index (χ0v) is 19.8. The van der Waals surface area contributed by atoms with Gasteiger partial charge in [-0.05, 0) is 73.6 Å². The highest BCUT2D eigenvalue weighted by Crippen LogP contribution is 2.40. The number of fused-ring (bicyclic) bond motifs is 1. The molecular formula is C25H36N2O2S. The fourth-order valence-corrected chi connectivity index (χ4v) is 7.10. The molecule has 0 unspecified atom stereocenters. The second-order valence-electron chi connectivity index (χ2n) is 9.88. The maximum Gasteiger partial charge on any atom is 0.243 e. The van der Waals surface area contributed by atoms with Gasteiger partial charge in [-0.25, -0.2) is 8.42 Å². The van der Waals surface area contributed by atoms with Gasteiger partial charge in [-0.15, -0.1) is 0 Å². The van der Waals surface area contributed by atoms with E-state index in [2.05, 4.69) is 32.3 Å². The average molecular weight is 429 g/mol. The molecule has 1 fully saturated rings. The van der Waals surface area contributed by atoms with Crippen LogP contribution in [0.5, 0.6) is 0 Å². The normalized spacial score (nSPS) is 19.2. The van der Waals surface area contributed by atoms with Crippen molar-refractivity contribution in [3.05, 3.63) is 52.3 Å². The van der Waals surface area contributed by atoms with Crippen LogP contribution in [0.3, 0.4) is 0 Å². The second-order valence-corrected chi connectivity index (χ2v) is 11.8. The minimum atomic E-state index is -3.42. The van der Waals surface area contributed by atoms with Crippen molar-refractivity contribution in [1.82, 2.24) is 8.87 Å². The molecule has 2 heterocycles. The Labute approximate surface area is 182 Å². The lowest BCUT2D eigenvalue weighted by Gasteiger charge is -2.31. The molecule has 164 valence electrons. The van der Waals surface area contributed by atoms with Crippen molar-refractivity contribution in [3.63, 3.8) is 0 Å². The number of sulfonamides is 1. The van der Waals surface area contributed by atoms with Crippen LogP contribution in [-0.4, -0.2) is 30.4 Å². The number of aromatic nitrogens is 1. The lowest BCUT2D eigenvalue weighted by molar-refractivity contribution is 0.309. The quantitative estimate of drug-likeness (QED) is 0.643. The highest BCUT2D eigenvalue weighted by atomic mass is 32.2. The number of nitrogens with zero attached hydrogens (tertiary/aromatic N) is 2. The summed E-state index contributed by atoms with van der Waals surface area (Å²) in [5.41, 5.74) is 6.89. The monoisotopic (exact) mass is 428 g/mol. The van der Waals surface area contributed by atoms with Gasteiger partial charge >= 0.3 is 0 Å². The van der Waals surface area contributed by atoms with E-state index in [1.807, 2.05) is 18.2 Å². The molecule has 0 spiro atoms. The number of benzene rings is 1. The lowest BCUT2D eigenvalue weighted by atomic mass is 9.75. The van der Waals surface area contributed by atoms with Crippen LogP contribution in [0.2, 0.25) is 0 Å². The first-order valence-corrected chi connectivity index (χ1v) is 13.0. The Balaban J connectivity index is 1.78. The van der Waals surface area contributed by atoms with Gasteiger partial charge < -0.3 is 4.57 Å².